The minimum Gasteiger partial charge on any atom is -0.493 e. The molecule has 0 saturated heterocycles. The summed E-state index contributed by atoms with van der Waals surface area (Å²) in [5.74, 6) is 3.15. The van der Waals surface area contributed by atoms with Gasteiger partial charge in [0.15, 0.2) is 17.3 Å². The highest BCUT2D eigenvalue weighted by atomic mass is 32.2. The molecule has 30 heavy (non-hydrogen) atoms. The third-order valence-electron chi connectivity index (χ3n) is 4.30. The van der Waals surface area contributed by atoms with Gasteiger partial charge in [0, 0.05) is 18.1 Å². The molecule has 0 bridgehead atoms. The lowest BCUT2D eigenvalue weighted by Crippen LogP contribution is -2.05. The molecule has 0 fully saturated rings. The molecule has 0 amide bonds. The molecule has 4 rings (SSSR count). The van der Waals surface area contributed by atoms with Crippen LogP contribution in [-0.2, 0) is 5.75 Å². The zero-order valence-electron chi connectivity index (χ0n) is 17.0. The third kappa shape index (κ3) is 3.86. The Hall–Kier alpha value is -3.40. The van der Waals surface area contributed by atoms with Crippen LogP contribution in [0.2, 0.25) is 0 Å². The van der Waals surface area contributed by atoms with Crippen LogP contribution in [0.3, 0.4) is 0 Å². The molecule has 0 aliphatic rings. The van der Waals surface area contributed by atoms with Gasteiger partial charge in [-0.2, -0.15) is 10.1 Å². The van der Waals surface area contributed by atoms with Gasteiger partial charge in [-0.25, -0.2) is 14.6 Å². The number of nitrogens with zero attached hydrogens (tertiary/aromatic N) is 6. The predicted octanol–water partition coefficient (Wildman–Crippen LogP) is 3.64. The first-order valence-electron chi connectivity index (χ1n) is 9.12. The molecule has 9 nitrogen and oxygen atoms in total. The van der Waals surface area contributed by atoms with Crippen molar-refractivity contribution in [2.24, 2.45) is 0 Å². The van der Waals surface area contributed by atoms with Crippen LogP contribution in [0.15, 0.2) is 46.2 Å². The average Bonchev–Trinajstić information content (AvgIpc) is 3.37. The number of hydrogen-bond donors (Lipinski definition) is 0. The molecule has 0 aliphatic carbocycles. The maximum absolute atomic E-state index is 5.46. The van der Waals surface area contributed by atoms with Gasteiger partial charge in [-0.05, 0) is 32.0 Å². The predicted molar refractivity (Wildman–Crippen MR) is 111 cm³/mol. The second kappa shape index (κ2) is 8.54. The van der Waals surface area contributed by atoms with Gasteiger partial charge in [-0.1, -0.05) is 23.0 Å². The molecule has 154 valence electrons. The zero-order valence-corrected chi connectivity index (χ0v) is 17.8. The molecular formula is C20H20N6O3S. The Bertz CT molecular complexity index is 1170. The van der Waals surface area contributed by atoms with Gasteiger partial charge in [0.25, 0.3) is 0 Å². The van der Waals surface area contributed by atoms with Crippen LogP contribution in [0.5, 0.6) is 11.5 Å². The van der Waals surface area contributed by atoms with Crippen LogP contribution in [0, 0.1) is 13.8 Å². The largest absolute Gasteiger partial charge is 0.493 e. The molecule has 0 atom stereocenters. The van der Waals surface area contributed by atoms with E-state index in [1.807, 2.05) is 38.1 Å². The van der Waals surface area contributed by atoms with E-state index in [9.17, 15) is 0 Å². The minimum atomic E-state index is 0.430. The van der Waals surface area contributed by atoms with Crippen molar-refractivity contribution in [2.75, 3.05) is 14.2 Å². The monoisotopic (exact) mass is 424 g/mol. The van der Waals surface area contributed by atoms with Gasteiger partial charge in [0.1, 0.15) is 5.03 Å². The molecular weight excluding hydrogens is 404 g/mol. The summed E-state index contributed by atoms with van der Waals surface area (Å²) < 4.78 is 18.0. The van der Waals surface area contributed by atoms with Gasteiger partial charge in [-0.3, -0.25) is 0 Å². The van der Waals surface area contributed by atoms with E-state index < -0.39 is 0 Å². The molecule has 10 heteroatoms. The molecule has 0 unspecified atom stereocenters. The Morgan fingerprint density at radius 3 is 2.67 bits per heavy atom. The van der Waals surface area contributed by atoms with E-state index in [2.05, 4.69) is 25.2 Å². The topological polar surface area (TPSA) is 101 Å². The highest BCUT2D eigenvalue weighted by Gasteiger charge is 2.18. The van der Waals surface area contributed by atoms with Crippen LogP contribution >= 0.6 is 11.8 Å². The van der Waals surface area contributed by atoms with Gasteiger partial charge < -0.3 is 14.0 Å². The maximum Gasteiger partial charge on any atom is 0.237 e. The van der Waals surface area contributed by atoms with Crippen molar-refractivity contribution >= 4 is 11.8 Å². The summed E-state index contributed by atoms with van der Waals surface area (Å²) in [6, 6.07) is 7.51. The summed E-state index contributed by atoms with van der Waals surface area (Å²) >= 11 is 1.45. The van der Waals surface area contributed by atoms with Crippen LogP contribution < -0.4 is 9.47 Å². The maximum atomic E-state index is 5.46. The molecule has 0 saturated carbocycles. The fraction of sp³-hybridized carbons (Fsp3) is 0.250. The summed E-state index contributed by atoms with van der Waals surface area (Å²) in [4.78, 5) is 13.4. The highest BCUT2D eigenvalue weighted by Crippen LogP contribution is 2.36. The molecule has 0 aliphatic heterocycles. The van der Waals surface area contributed by atoms with Crippen molar-refractivity contribution in [3.8, 4) is 28.7 Å². The zero-order chi connectivity index (χ0) is 21.1. The molecule has 0 N–H and O–H groups in total. The van der Waals surface area contributed by atoms with Gasteiger partial charge in [-0.15, -0.1) is 0 Å². The average molecular weight is 424 g/mol. The van der Waals surface area contributed by atoms with E-state index in [0.717, 1.165) is 16.4 Å². The van der Waals surface area contributed by atoms with Crippen LogP contribution in [0.4, 0.5) is 0 Å². The molecule has 0 radical (unpaired) electrons. The van der Waals surface area contributed by atoms with Gasteiger partial charge >= 0.3 is 0 Å². The van der Waals surface area contributed by atoms with Crippen molar-refractivity contribution < 1.29 is 14.0 Å². The van der Waals surface area contributed by atoms with Gasteiger partial charge in [0.05, 0.1) is 31.2 Å². The van der Waals surface area contributed by atoms with Crippen molar-refractivity contribution in [3.63, 3.8) is 0 Å². The third-order valence-corrected chi connectivity index (χ3v) is 5.25. The molecule has 0 spiro atoms. The summed E-state index contributed by atoms with van der Waals surface area (Å²) in [5, 5.41) is 9.32. The number of aromatic nitrogens is 6. The van der Waals surface area contributed by atoms with E-state index >= 15 is 0 Å². The number of hydrogen-bond acceptors (Lipinski definition) is 9. The van der Waals surface area contributed by atoms with E-state index in [-0.39, 0.29) is 0 Å². The highest BCUT2D eigenvalue weighted by molar-refractivity contribution is 7.98. The number of para-hydroxylation sites is 1. The first-order chi connectivity index (χ1) is 14.6. The van der Waals surface area contributed by atoms with Crippen LogP contribution in [0.1, 0.15) is 17.3 Å². The summed E-state index contributed by atoms with van der Waals surface area (Å²) in [6.45, 7) is 3.93. The van der Waals surface area contributed by atoms with E-state index in [1.54, 1.807) is 31.3 Å². The number of rotatable bonds is 7. The van der Waals surface area contributed by atoms with E-state index in [1.165, 1.54) is 11.8 Å². The van der Waals surface area contributed by atoms with Crippen molar-refractivity contribution in [2.45, 2.75) is 24.6 Å². The lowest BCUT2D eigenvalue weighted by Gasteiger charge is -2.09. The van der Waals surface area contributed by atoms with Crippen molar-refractivity contribution in [1.29, 1.82) is 0 Å². The smallest absolute Gasteiger partial charge is 0.237 e. The van der Waals surface area contributed by atoms with Crippen molar-refractivity contribution in [3.05, 3.63) is 53.9 Å². The number of aryl methyl sites for hydroxylation is 2. The normalized spacial score (nSPS) is 10.9. The lowest BCUT2D eigenvalue weighted by molar-refractivity contribution is 0.355. The lowest BCUT2D eigenvalue weighted by atomic mass is 10.2. The quantitative estimate of drug-likeness (QED) is 0.411. The number of thioether (sulfide) groups is 1. The minimum absolute atomic E-state index is 0.430. The number of benzene rings is 1. The fourth-order valence-corrected chi connectivity index (χ4v) is 3.81. The Balaban J connectivity index is 1.56. The van der Waals surface area contributed by atoms with E-state index in [0.29, 0.717) is 40.3 Å². The Morgan fingerprint density at radius 1 is 1.10 bits per heavy atom. The number of methoxy groups -OCH3 is 2. The molecule has 3 heterocycles. The molecule has 1 aromatic carbocycles. The van der Waals surface area contributed by atoms with Crippen LogP contribution in [-0.4, -0.2) is 44.1 Å². The summed E-state index contributed by atoms with van der Waals surface area (Å²) in [7, 11) is 3.16. The van der Waals surface area contributed by atoms with Gasteiger partial charge in [0.2, 0.25) is 11.7 Å². The fourth-order valence-electron chi connectivity index (χ4n) is 3.02. The summed E-state index contributed by atoms with van der Waals surface area (Å²) in [6.07, 6.45) is 3.30. The Morgan fingerprint density at radius 2 is 1.93 bits per heavy atom. The second-order valence-electron chi connectivity index (χ2n) is 6.37. The standard InChI is InChI=1S/C20H20N6O3S/c1-12-10-13(2)26(24-12)19-20(22-9-8-21-19)30-11-16-23-18(25-29-16)14-6-5-7-15(27-3)17(14)28-4/h5-10H,11H2,1-4H3. The first kappa shape index (κ1) is 19.9. The Labute approximate surface area is 177 Å². The number of ether oxygens (including phenoxy) is 2. The summed E-state index contributed by atoms with van der Waals surface area (Å²) in [5.41, 5.74) is 2.60. The second-order valence-corrected chi connectivity index (χ2v) is 7.33. The van der Waals surface area contributed by atoms with E-state index in [4.69, 9.17) is 14.0 Å². The SMILES string of the molecule is COc1cccc(-c2noc(CSc3nccnc3-n3nc(C)cc3C)n2)c1OC. The van der Waals surface area contributed by atoms with Crippen LogP contribution in [0.25, 0.3) is 17.2 Å². The molecule has 4 aromatic rings. The first-order valence-corrected chi connectivity index (χ1v) is 10.1. The molecule has 3 aromatic heterocycles. The van der Waals surface area contributed by atoms with Crippen molar-refractivity contribution in [1.82, 2.24) is 29.9 Å². The Kier molecular flexibility index (Phi) is 5.66.